The Morgan fingerprint density at radius 2 is 1.75 bits per heavy atom. The Kier molecular flexibility index (Phi) is 4.38. The minimum absolute atomic E-state index is 0.0918. The maximum absolute atomic E-state index is 12.5. The summed E-state index contributed by atoms with van der Waals surface area (Å²) in [4.78, 5) is 21.5. The van der Waals surface area contributed by atoms with Gasteiger partial charge in [-0.2, -0.15) is 0 Å². The van der Waals surface area contributed by atoms with Crippen LogP contribution in [0.5, 0.6) is 5.75 Å². The number of ether oxygens (including phenoxy) is 1. The van der Waals surface area contributed by atoms with Crippen LogP contribution in [-0.2, 0) is 0 Å². The van der Waals surface area contributed by atoms with Crippen LogP contribution in [0.1, 0.15) is 42.0 Å². The van der Waals surface area contributed by atoms with E-state index in [1.54, 1.807) is 0 Å². The summed E-state index contributed by atoms with van der Waals surface area (Å²) < 4.78 is 5.93. The fourth-order valence-corrected chi connectivity index (χ4v) is 3.38. The second-order valence-electron chi connectivity index (χ2n) is 7.85. The molecule has 0 saturated carbocycles. The number of ketones is 1. The first-order chi connectivity index (χ1) is 13.3. The first-order valence-electron chi connectivity index (χ1n) is 9.35. The van der Waals surface area contributed by atoms with Gasteiger partial charge in [-0.1, -0.05) is 29.8 Å². The number of hydrogen-bond acceptors (Lipinski definition) is 5. The molecule has 0 bridgehead atoms. The summed E-state index contributed by atoms with van der Waals surface area (Å²) in [5.74, 6) is 2.09. The van der Waals surface area contributed by atoms with Gasteiger partial charge < -0.3 is 10.1 Å². The van der Waals surface area contributed by atoms with Crippen molar-refractivity contribution in [3.05, 3.63) is 65.5 Å². The highest BCUT2D eigenvalue weighted by Crippen LogP contribution is 2.35. The Morgan fingerprint density at radius 1 is 1.00 bits per heavy atom. The zero-order valence-electron chi connectivity index (χ0n) is 16.5. The molecule has 5 nitrogen and oxygen atoms in total. The lowest BCUT2D eigenvalue weighted by Gasteiger charge is -2.31. The summed E-state index contributed by atoms with van der Waals surface area (Å²) in [6, 6.07) is 15.7. The maximum atomic E-state index is 12.5. The van der Waals surface area contributed by atoms with Crippen molar-refractivity contribution in [2.75, 3.05) is 5.32 Å². The first kappa shape index (κ1) is 18.2. The van der Waals surface area contributed by atoms with Crippen LogP contribution in [0.3, 0.4) is 0 Å². The van der Waals surface area contributed by atoms with Crippen molar-refractivity contribution in [1.29, 1.82) is 0 Å². The van der Waals surface area contributed by atoms with Gasteiger partial charge in [0.1, 0.15) is 23.0 Å². The molecule has 1 aromatic heterocycles. The van der Waals surface area contributed by atoms with E-state index >= 15 is 0 Å². The smallest absolute Gasteiger partial charge is 0.170 e. The van der Waals surface area contributed by atoms with Crippen molar-refractivity contribution in [3.8, 4) is 17.0 Å². The van der Waals surface area contributed by atoms with Crippen LogP contribution in [0.25, 0.3) is 11.3 Å². The van der Waals surface area contributed by atoms with E-state index < -0.39 is 5.60 Å². The summed E-state index contributed by atoms with van der Waals surface area (Å²) in [6.45, 7) is 7.78. The summed E-state index contributed by atoms with van der Waals surface area (Å²) in [6.07, 6.45) is 0.369. The Labute approximate surface area is 164 Å². The van der Waals surface area contributed by atoms with E-state index in [1.807, 2.05) is 45.0 Å². The van der Waals surface area contributed by atoms with Gasteiger partial charge in [-0.15, -0.1) is 0 Å². The van der Waals surface area contributed by atoms with E-state index in [2.05, 4.69) is 46.5 Å². The van der Waals surface area contributed by atoms with Crippen LogP contribution in [-0.4, -0.2) is 21.4 Å². The molecular formula is C23H23N3O2. The minimum atomic E-state index is -0.467. The molecule has 1 N–H and O–H groups in total. The Bertz CT molecular complexity index is 1060. The van der Waals surface area contributed by atoms with Gasteiger partial charge in [0.05, 0.1) is 17.7 Å². The van der Waals surface area contributed by atoms with Gasteiger partial charge in [0.2, 0.25) is 0 Å². The number of Topliss-reactive ketones (excluding diaryl/α,β-unsaturated/α-hetero) is 1. The third-order valence-corrected chi connectivity index (χ3v) is 4.71. The summed E-state index contributed by atoms with van der Waals surface area (Å²) in [5.41, 5.74) is 4.03. The topological polar surface area (TPSA) is 64.1 Å². The number of aryl methyl sites for hydroxylation is 2. The first-order valence-corrected chi connectivity index (χ1v) is 9.35. The van der Waals surface area contributed by atoms with Crippen LogP contribution < -0.4 is 10.1 Å². The number of aromatic nitrogens is 2. The van der Waals surface area contributed by atoms with Crippen molar-refractivity contribution in [2.24, 2.45) is 0 Å². The second-order valence-corrected chi connectivity index (χ2v) is 7.85. The molecule has 1 aliphatic rings. The molecule has 0 saturated heterocycles. The SMILES string of the molecule is Cc1ccc(-c2cc(Nc3ccc4c(c3)C(=O)CC(C)(C)O4)nc(C)n2)cc1. The molecule has 0 atom stereocenters. The average molecular weight is 373 g/mol. The van der Waals surface area contributed by atoms with Gasteiger partial charge in [-0.05, 0) is 45.9 Å². The third-order valence-electron chi connectivity index (χ3n) is 4.71. The lowest BCUT2D eigenvalue weighted by molar-refractivity contribution is 0.0620. The van der Waals surface area contributed by atoms with Gasteiger partial charge >= 0.3 is 0 Å². The van der Waals surface area contributed by atoms with Crippen molar-refractivity contribution in [1.82, 2.24) is 9.97 Å². The number of rotatable bonds is 3. The van der Waals surface area contributed by atoms with E-state index in [0.717, 1.165) is 16.9 Å². The quantitative estimate of drug-likeness (QED) is 0.679. The lowest BCUT2D eigenvalue weighted by Crippen LogP contribution is -2.35. The summed E-state index contributed by atoms with van der Waals surface area (Å²) in [5, 5.41) is 3.30. The zero-order valence-corrected chi connectivity index (χ0v) is 16.5. The predicted molar refractivity (Wildman–Crippen MR) is 110 cm³/mol. The van der Waals surface area contributed by atoms with Crippen LogP contribution in [0.4, 0.5) is 11.5 Å². The molecule has 0 unspecified atom stereocenters. The Hall–Kier alpha value is -3.21. The highest BCUT2D eigenvalue weighted by atomic mass is 16.5. The number of nitrogens with one attached hydrogen (secondary N) is 1. The molecule has 3 aromatic rings. The number of hydrogen-bond donors (Lipinski definition) is 1. The van der Waals surface area contributed by atoms with Crippen LogP contribution >= 0.6 is 0 Å². The molecule has 2 heterocycles. The number of carbonyl (C=O) groups excluding carboxylic acids is 1. The monoisotopic (exact) mass is 373 g/mol. The normalized spacial score (nSPS) is 14.9. The molecule has 0 fully saturated rings. The molecule has 0 amide bonds. The fraction of sp³-hybridized carbons (Fsp3) is 0.261. The second kappa shape index (κ2) is 6.75. The molecular weight excluding hydrogens is 350 g/mol. The fourth-order valence-electron chi connectivity index (χ4n) is 3.38. The molecule has 5 heteroatoms. The molecule has 1 aliphatic heterocycles. The highest BCUT2D eigenvalue weighted by molar-refractivity contribution is 6.01. The van der Waals surface area contributed by atoms with Crippen LogP contribution in [0, 0.1) is 13.8 Å². The standard InChI is InChI=1S/C23H23N3O2/c1-14-5-7-16(8-6-14)19-12-22(25-15(2)24-19)26-17-9-10-21-18(11-17)20(27)13-23(3,4)28-21/h5-12H,13H2,1-4H3,(H,24,25,26). The van der Waals surface area contributed by atoms with E-state index in [9.17, 15) is 4.79 Å². The van der Waals surface area contributed by atoms with Crippen LogP contribution in [0.2, 0.25) is 0 Å². The number of nitrogens with zero attached hydrogens (tertiary/aromatic N) is 2. The summed E-state index contributed by atoms with van der Waals surface area (Å²) >= 11 is 0. The molecule has 28 heavy (non-hydrogen) atoms. The van der Waals surface area contributed by atoms with E-state index in [-0.39, 0.29) is 5.78 Å². The van der Waals surface area contributed by atoms with E-state index in [0.29, 0.717) is 29.4 Å². The zero-order chi connectivity index (χ0) is 19.9. The number of anilines is 2. The predicted octanol–water partition coefficient (Wildman–Crippen LogP) is 5.25. The van der Waals surface area contributed by atoms with Crippen LogP contribution in [0.15, 0.2) is 48.5 Å². The maximum Gasteiger partial charge on any atom is 0.170 e. The third kappa shape index (κ3) is 3.74. The highest BCUT2D eigenvalue weighted by Gasteiger charge is 2.32. The largest absolute Gasteiger partial charge is 0.487 e. The minimum Gasteiger partial charge on any atom is -0.487 e. The van der Waals surface area contributed by atoms with Gasteiger partial charge in [0, 0.05) is 17.3 Å². The Morgan fingerprint density at radius 3 is 2.50 bits per heavy atom. The molecule has 0 spiro atoms. The van der Waals surface area contributed by atoms with Crippen molar-refractivity contribution < 1.29 is 9.53 Å². The number of carbonyl (C=O) groups is 1. The Balaban J connectivity index is 1.64. The lowest BCUT2D eigenvalue weighted by atomic mass is 9.93. The molecule has 0 aliphatic carbocycles. The van der Waals surface area contributed by atoms with Gasteiger partial charge in [0.25, 0.3) is 0 Å². The molecule has 4 rings (SSSR count). The molecule has 0 radical (unpaired) electrons. The molecule has 142 valence electrons. The van der Waals surface area contributed by atoms with Gasteiger partial charge in [0.15, 0.2) is 5.78 Å². The average Bonchev–Trinajstić information content (AvgIpc) is 2.61. The van der Waals surface area contributed by atoms with Gasteiger partial charge in [-0.3, -0.25) is 4.79 Å². The number of fused-ring (bicyclic) bond motifs is 1. The number of benzene rings is 2. The van der Waals surface area contributed by atoms with E-state index in [4.69, 9.17) is 4.74 Å². The molecule has 2 aromatic carbocycles. The van der Waals surface area contributed by atoms with Crippen molar-refractivity contribution >= 4 is 17.3 Å². The van der Waals surface area contributed by atoms with Crippen molar-refractivity contribution in [3.63, 3.8) is 0 Å². The van der Waals surface area contributed by atoms with E-state index in [1.165, 1.54) is 5.56 Å². The van der Waals surface area contributed by atoms with Crippen molar-refractivity contribution in [2.45, 2.75) is 39.7 Å². The summed E-state index contributed by atoms with van der Waals surface area (Å²) in [7, 11) is 0. The van der Waals surface area contributed by atoms with Gasteiger partial charge in [-0.25, -0.2) is 9.97 Å².